The summed E-state index contributed by atoms with van der Waals surface area (Å²) < 4.78 is 0. The Morgan fingerprint density at radius 3 is 2.41 bits per heavy atom. The van der Waals surface area contributed by atoms with Crippen molar-refractivity contribution in [2.75, 3.05) is 0 Å². The molecule has 2 atom stereocenters. The molecule has 1 rings (SSSR count). The zero-order valence-corrected chi connectivity index (χ0v) is 13.9. The van der Waals surface area contributed by atoms with Crippen molar-refractivity contribution in [2.45, 2.75) is 64.5 Å². The minimum absolute atomic E-state index is 0.0836. The van der Waals surface area contributed by atoms with Gasteiger partial charge in [0.2, 0.25) is 5.91 Å². The van der Waals surface area contributed by atoms with Gasteiger partial charge >= 0.3 is 0 Å². The first kappa shape index (κ1) is 18.2. The lowest BCUT2D eigenvalue weighted by atomic mass is 9.86. The Bertz CT molecular complexity index is 524. The normalized spacial score (nSPS) is 14.0. The van der Waals surface area contributed by atoms with Gasteiger partial charge in [-0.15, -0.1) is 0 Å². The minimum Gasteiger partial charge on any atom is -0.388 e. The van der Waals surface area contributed by atoms with E-state index in [1.165, 1.54) is 5.56 Å². The number of carbonyl (C=O) groups excluding carboxylic acids is 1. The molecule has 0 aliphatic carbocycles. The van der Waals surface area contributed by atoms with Crippen LogP contribution in [0.3, 0.4) is 0 Å². The van der Waals surface area contributed by atoms with Gasteiger partial charge in [-0.05, 0) is 29.9 Å². The van der Waals surface area contributed by atoms with Crippen molar-refractivity contribution in [1.82, 2.24) is 5.32 Å². The fourth-order valence-electron chi connectivity index (χ4n) is 2.17. The number of nitrogens with one attached hydrogen (secondary N) is 1. The van der Waals surface area contributed by atoms with Crippen molar-refractivity contribution >= 4 is 5.91 Å². The first-order valence-corrected chi connectivity index (χ1v) is 7.69. The van der Waals surface area contributed by atoms with Gasteiger partial charge < -0.3 is 10.4 Å². The van der Waals surface area contributed by atoms with Gasteiger partial charge in [-0.3, -0.25) is 4.79 Å². The Labute approximate surface area is 133 Å². The van der Waals surface area contributed by atoms with Crippen LogP contribution in [0.2, 0.25) is 0 Å². The van der Waals surface area contributed by atoms with Crippen molar-refractivity contribution in [1.29, 1.82) is 5.26 Å². The summed E-state index contributed by atoms with van der Waals surface area (Å²) in [4.78, 5) is 11.7. The summed E-state index contributed by atoms with van der Waals surface area (Å²) in [5.41, 5.74) is 2.12. The molecule has 2 N–H and O–H groups in total. The van der Waals surface area contributed by atoms with E-state index in [1.807, 2.05) is 30.3 Å². The largest absolute Gasteiger partial charge is 0.388 e. The smallest absolute Gasteiger partial charge is 0.220 e. The third-order valence-electron chi connectivity index (χ3n) is 3.61. The van der Waals surface area contributed by atoms with Crippen LogP contribution in [0.1, 0.15) is 64.2 Å². The number of nitriles is 1. The van der Waals surface area contributed by atoms with Gasteiger partial charge in [-0.2, -0.15) is 5.26 Å². The van der Waals surface area contributed by atoms with Crippen LogP contribution in [0, 0.1) is 11.3 Å². The lowest BCUT2D eigenvalue weighted by Gasteiger charge is -2.20. The second kappa shape index (κ2) is 7.95. The van der Waals surface area contributed by atoms with E-state index in [1.54, 1.807) is 6.92 Å². The molecule has 4 heteroatoms. The molecule has 22 heavy (non-hydrogen) atoms. The van der Waals surface area contributed by atoms with Gasteiger partial charge in [0, 0.05) is 12.5 Å². The van der Waals surface area contributed by atoms with Crippen LogP contribution in [0.25, 0.3) is 0 Å². The Balaban J connectivity index is 2.50. The molecule has 1 aromatic carbocycles. The number of hydrogen-bond acceptors (Lipinski definition) is 3. The van der Waals surface area contributed by atoms with Crippen LogP contribution >= 0.6 is 0 Å². The van der Waals surface area contributed by atoms with E-state index >= 15 is 0 Å². The van der Waals surface area contributed by atoms with Crippen molar-refractivity contribution in [3.05, 3.63) is 35.4 Å². The number of rotatable bonds is 6. The van der Waals surface area contributed by atoms with Crippen molar-refractivity contribution in [3.63, 3.8) is 0 Å². The Morgan fingerprint density at radius 2 is 1.91 bits per heavy atom. The summed E-state index contributed by atoms with van der Waals surface area (Å²) in [6, 6.07) is 9.74. The van der Waals surface area contributed by atoms with E-state index in [9.17, 15) is 9.90 Å². The Hall–Kier alpha value is -1.86. The summed E-state index contributed by atoms with van der Waals surface area (Å²) in [6.45, 7) is 8.23. The van der Waals surface area contributed by atoms with Gasteiger partial charge in [0.05, 0.1) is 18.6 Å². The maximum Gasteiger partial charge on any atom is 0.220 e. The second-order valence-electron chi connectivity index (χ2n) is 6.76. The molecule has 120 valence electrons. The molecule has 0 aromatic heterocycles. The van der Waals surface area contributed by atoms with Crippen LogP contribution < -0.4 is 5.32 Å². The van der Waals surface area contributed by atoms with E-state index < -0.39 is 6.10 Å². The molecule has 4 nitrogen and oxygen atoms in total. The molecule has 0 aliphatic heterocycles. The second-order valence-corrected chi connectivity index (χ2v) is 6.76. The third kappa shape index (κ3) is 5.87. The highest BCUT2D eigenvalue weighted by Crippen LogP contribution is 2.25. The molecule has 0 bridgehead atoms. The molecule has 0 heterocycles. The summed E-state index contributed by atoms with van der Waals surface area (Å²) in [6.07, 6.45) is 0.270. The van der Waals surface area contributed by atoms with Gasteiger partial charge in [0.1, 0.15) is 0 Å². The molecule has 1 amide bonds. The zero-order valence-electron chi connectivity index (χ0n) is 13.9. The predicted molar refractivity (Wildman–Crippen MR) is 87.2 cm³/mol. The van der Waals surface area contributed by atoms with E-state index in [4.69, 9.17) is 5.26 Å². The fourth-order valence-corrected chi connectivity index (χ4v) is 2.17. The van der Waals surface area contributed by atoms with Gasteiger partial charge in [-0.25, -0.2) is 0 Å². The maximum atomic E-state index is 11.7. The Morgan fingerprint density at radius 1 is 1.32 bits per heavy atom. The van der Waals surface area contributed by atoms with E-state index in [0.717, 1.165) is 5.56 Å². The SMILES string of the molecule is C[C@H](CC#N)NC(=O)CC[C@H](O)c1ccc(C(C)(C)C)cc1. The van der Waals surface area contributed by atoms with Crippen LogP contribution in [-0.4, -0.2) is 17.1 Å². The summed E-state index contributed by atoms with van der Waals surface area (Å²) >= 11 is 0. The number of aliphatic hydroxyl groups excluding tert-OH is 1. The highest BCUT2D eigenvalue weighted by Gasteiger charge is 2.15. The fraction of sp³-hybridized carbons (Fsp3) is 0.556. The first-order valence-electron chi connectivity index (χ1n) is 7.69. The molecule has 1 aromatic rings. The first-order chi connectivity index (χ1) is 10.2. The lowest BCUT2D eigenvalue weighted by molar-refractivity contribution is -0.122. The molecule has 0 aliphatic rings. The molecular weight excluding hydrogens is 276 g/mol. The highest BCUT2D eigenvalue weighted by molar-refractivity contribution is 5.76. The number of hydrogen-bond donors (Lipinski definition) is 2. The topological polar surface area (TPSA) is 73.1 Å². The van der Waals surface area contributed by atoms with E-state index in [2.05, 4.69) is 26.1 Å². The van der Waals surface area contributed by atoms with E-state index in [0.29, 0.717) is 12.8 Å². The average molecular weight is 302 g/mol. The van der Waals surface area contributed by atoms with Gasteiger partial charge in [0.15, 0.2) is 0 Å². The van der Waals surface area contributed by atoms with Gasteiger partial charge in [-0.1, -0.05) is 45.0 Å². The molecule has 0 radical (unpaired) electrons. The van der Waals surface area contributed by atoms with Crippen molar-refractivity contribution in [2.24, 2.45) is 0 Å². The predicted octanol–water partition coefficient (Wildman–Crippen LogP) is 3.22. The molecule has 0 saturated heterocycles. The Kier molecular flexibility index (Phi) is 6.58. The molecule has 0 fully saturated rings. The van der Waals surface area contributed by atoms with Crippen LogP contribution in [0.4, 0.5) is 0 Å². The van der Waals surface area contributed by atoms with Gasteiger partial charge in [0.25, 0.3) is 0 Å². The molecule has 0 unspecified atom stereocenters. The lowest BCUT2D eigenvalue weighted by Crippen LogP contribution is -2.32. The molecular formula is C18H26N2O2. The summed E-state index contributed by atoms with van der Waals surface area (Å²) in [5.74, 6) is -0.131. The highest BCUT2D eigenvalue weighted by atomic mass is 16.3. The van der Waals surface area contributed by atoms with Crippen LogP contribution in [-0.2, 0) is 10.2 Å². The number of amides is 1. The van der Waals surface area contributed by atoms with Crippen LogP contribution in [0.5, 0.6) is 0 Å². The minimum atomic E-state index is -0.647. The number of nitrogens with zero attached hydrogens (tertiary/aromatic N) is 1. The number of benzene rings is 1. The van der Waals surface area contributed by atoms with Crippen LogP contribution in [0.15, 0.2) is 24.3 Å². The van der Waals surface area contributed by atoms with Crippen molar-refractivity contribution < 1.29 is 9.90 Å². The summed E-state index contributed by atoms with van der Waals surface area (Å²) in [5, 5.41) is 21.5. The molecule has 0 saturated carbocycles. The average Bonchev–Trinajstić information content (AvgIpc) is 2.44. The van der Waals surface area contributed by atoms with E-state index in [-0.39, 0.29) is 23.8 Å². The quantitative estimate of drug-likeness (QED) is 0.847. The maximum absolute atomic E-state index is 11.7. The number of aliphatic hydroxyl groups is 1. The number of carbonyl (C=O) groups is 1. The third-order valence-corrected chi connectivity index (χ3v) is 3.61. The zero-order chi connectivity index (χ0) is 16.8. The van der Waals surface area contributed by atoms with Crippen molar-refractivity contribution in [3.8, 4) is 6.07 Å². The summed E-state index contributed by atoms with van der Waals surface area (Å²) in [7, 11) is 0. The monoisotopic (exact) mass is 302 g/mol. The standard InChI is InChI=1S/C18H26N2O2/c1-13(11-12-19)20-17(22)10-9-16(21)14-5-7-15(8-6-14)18(2,3)4/h5-8,13,16,21H,9-11H2,1-4H3,(H,20,22)/t13-,16+/m1/s1. The molecule has 0 spiro atoms.